The Kier molecular flexibility index (Phi) is 4.31. The molecule has 1 saturated heterocycles. The summed E-state index contributed by atoms with van der Waals surface area (Å²) in [7, 11) is 0. The fourth-order valence-electron chi connectivity index (χ4n) is 3.98. The molecule has 2 aliphatic rings. The average molecular weight is 397 g/mol. The Morgan fingerprint density at radius 3 is 2.83 bits per heavy atom. The molecule has 0 saturated carbocycles. The van der Waals surface area contributed by atoms with Gasteiger partial charge in [-0.2, -0.15) is 8.78 Å². The number of benzene rings is 1. The van der Waals surface area contributed by atoms with E-state index in [1.165, 1.54) is 0 Å². The zero-order valence-corrected chi connectivity index (χ0v) is 15.3. The van der Waals surface area contributed by atoms with Gasteiger partial charge in [0.15, 0.2) is 0 Å². The molecule has 0 aliphatic carbocycles. The molecule has 29 heavy (non-hydrogen) atoms. The van der Waals surface area contributed by atoms with Crippen molar-refractivity contribution in [2.75, 3.05) is 6.54 Å². The number of hydrazine groups is 1. The molecular formula is C20H17F2N5O2. The van der Waals surface area contributed by atoms with E-state index < -0.39 is 12.3 Å². The molecule has 7 nitrogen and oxygen atoms in total. The van der Waals surface area contributed by atoms with Crippen molar-refractivity contribution in [3.05, 3.63) is 65.3 Å². The fourth-order valence-corrected chi connectivity index (χ4v) is 3.98. The van der Waals surface area contributed by atoms with E-state index in [1.54, 1.807) is 29.4 Å². The van der Waals surface area contributed by atoms with Crippen molar-refractivity contribution in [2.24, 2.45) is 0 Å². The van der Waals surface area contributed by atoms with Crippen molar-refractivity contribution < 1.29 is 18.0 Å². The first kappa shape index (κ1) is 17.9. The number of aromatic nitrogens is 3. The summed E-state index contributed by atoms with van der Waals surface area (Å²) in [5.74, 6) is -0.885. The number of hydrogen-bond acceptors (Lipinski definition) is 6. The number of alkyl halides is 2. The highest BCUT2D eigenvalue weighted by atomic mass is 19.3. The van der Waals surface area contributed by atoms with Crippen LogP contribution in [0.15, 0.2) is 47.0 Å². The minimum Gasteiger partial charge on any atom is -0.415 e. The van der Waals surface area contributed by atoms with E-state index in [0.29, 0.717) is 17.7 Å². The number of carbonyl (C=O) groups excluding carboxylic acids is 1. The van der Waals surface area contributed by atoms with Crippen molar-refractivity contribution in [1.29, 1.82) is 0 Å². The largest absolute Gasteiger partial charge is 0.415 e. The standard InChI is InChI=1S/C20H17F2N5O2/c21-17(22)19-25-24-18(29-19)12-6-7-13-11-27(20(28)14(13)10-12)26-9-3-5-16(26)15-4-1-2-8-23-15/h1-2,4,6-8,10,16-17H,3,5,9,11H2. The SMILES string of the molecule is O=C1c2cc(-c3nnc(C(F)F)o3)ccc2CN1N1CCCC1c1ccccn1. The van der Waals surface area contributed by atoms with Crippen LogP contribution in [-0.4, -0.2) is 37.7 Å². The highest BCUT2D eigenvalue weighted by Crippen LogP contribution is 2.37. The van der Waals surface area contributed by atoms with E-state index in [9.17, 15) is 13.6 Å². The summed E-state index contributed by atoms with van der Waals surface area (Å²) in [6.45, 7) is 1.24. The molecule has 2 aliphatic heterocycles. The minimum atomic E-state index is -2.83. The molecular weight excluding hydrogens is 380 g/mol. The third kappa shape index (κ3) is 3.07. The maximum atomic E-state index is 13.1. The van der Waals surface area contributed by atoms with Crippen LogP contribution in [0.25, 0.3) is 11.5 Å². The molecule has 4 heterocycles. The number of nitrogens with zero attached hydrogens (tertiary/aromatic N) is 5. The summed E-state index contributed by atoms with van der Waals surface area (Å²) in [5.41, 5.74) is 2.78. The molecule has 0 N–H and O–H groups in total. The fraction of sp³-hybridized carbons (Fsp3) is 0.300. The quantitative estimate of drug-likeness (QED) is 0.667. The Labute approximate surface area is 164 Å². The van der Waals surface area contributed by atoms with E-state index in [0.717, 1.165) is 30.6 Å². The number of fused-ring (bicyclic) bond motifs is 1. The molecule has 148 valence electrons. The van der Waals surface area contributed by atoms with Gasteiger partial charge in [0.2, 0.25) is 5.89 Å². The Bertz CT molecular complexity index is 1060. The third-order valence-corrected chi connectivity index (χ3v) is 5.33. The van der Waals surface area contributed by atoms with Gasteiger partial charge in [-0.25, -0.2) is 5.01 Å². The number of rotatable bonds is 4. The molecule has 1 aromatic carbocycles. The number of hydrogen-bond donors (Lipinski definition) is 0. The second kappa shape index (κ2) is 7.00. The average Bonchev–Trinajstić information content (AvgIpc) is 3.47. The van der Waals surface area contributed by atoms with Crippen LogP contribution >= 0.6 is 0 Å². The van der Waals surface area contributed by atoms with Gasteiger partial charge >= 0.3 is 6.43 Å². The molecule has 5 rings (SSSR count). The number of pyridine rings is 1. The Morgan fingerprint density at radius 2 is 2.07 bits per heavy atom. The first-order chi connectivity index (χ1) is 14.1. The molecule has 3 aromatic rings. The normalized spacial score (nSPS) is 19.3. The van der Waals surface area contributed by atoms with Crippen LogP contribution in [0.5, 0.6) is 0 Å². The second-order valence-electron chi connectivity index (χ2n) is 7.06. The van der Waals surface area contributed by atoms with Crippen LogP contribution in [-0.2, 0) is 6.54 Å². The van der Waals surface area contributed by atoms with Crippen molar-refractivity contribution in [1.82, 2.24) is 25.2 Å². The topological polar surface area (TPSA) is 75.4 Å². The molecule has 1 amide bonds. The first-order valence-corrected chi connectivity index (χ1v) is 9.36. The maximum Gasteiger partial charge on any atom is 0.314 e. The third-order valence-electron chi connectivity index (χ3n) is 5.33. The lowest BCUT2D eigenvalue weighted by Crippen LogP contribution is -2.42. The van der Waals surface area contributed by atoms with Crippen LogP contribution in [0.4, 0.5) is 8.78 Å². The summed E-state index contributed by atoms with van der Waals surface area (Å²) in [4.78, 5) is 17.6. The zero-order valence-electron chi connectivity index (χ0n) is 15.3. The highest BCUT2D eigenvalue weighted by molar-refractivity contribution is 5.99. The van der Waals surface area contributed by atoms with E-state index >= 15 is 0 Å². The minimum absolute atomic E-state index is 0.0260. The van der Waals surface area contributed by atoms with E-state index in [-0.39, 0.29) is 17.8 Å². The molecule has 1 fully saturated rings. The lowest BCUT2D eigenvalue weighted by atomic mass is 10.1. The van der Waals surface area contributed by atoms with Crippen LogP contribution in [0.1, 0.15) is 52.8 Å². The summed E-state index contributed by atoms with van der Waals surface area (Å²) in [6.07, 6.45) is 0.837. The van der Waals surface area contributed by atoms with E-state index in [1.807, 2.05) is 18.2 Å². The van der Waals surface area contributed by atoms with Gasteiger partial charge in [0.05, 0.1) is 18.3 Å². The van der Waals surface area contributed by atoms with Gasteiger partial charge in [0.1, 0.15) is 0 Å². The van der Waals surface area contributed by atoms with Gasteiger partial charge in [-0.1, -0.05) is 12.1 Å². The second-order valence-corrected chi connectivity index (χ2v) is 7.06. The lowest BCUT2D eigenvalue weighted by molar-refractivity contribution is -0.0198. The van der Waals surface area contributed by atoms with Crippen molar-refractivity contribution in [3.8, 4) is 11.5 Å². The Hall–Kier alpha value is -3.20. The van der Waals surface area contributed by atoms with Crippen molar-refractivity contribution in [3.63, 3.8) is 0 Å². The van der Waals surface area contributed by atoms with Crippen LogP contribution in [0, 0.1) is 0 Å². The predicted molar refractivity (Wildman–Crippen MR) is 97.5 cm³/mol. The molecule has 1 unspecified atom stereocenters. The molecule has 0 radical (unpaired) electrons. The van der Waals surface area contributed by atoms with Gasteiger partial charge in [-0.3, -0.25) is 14.8 Å². The Balaban J connectivity index is 1.42. The maximum absolute atomic E-state index is 13.1. The van der Waals surface area contributed by atoms with E-state index in [4.69, 9.17) is 4.42 Å². The molecule has 1 atom stereocenters. The van der Waals surface area contributed by atoms with E-state index in [2.05, 4.69) is 20.2 Å². The summed E-state index contributed by atoms with van der Waals surface area (Å²) in [6, 6.07) is 11.0. The predicted octanol–water partition coefficient (Wildman–Crippen LogP) is 3.78. The van der Waals surface area contributed by atoms with Gasteiger partial charge in [0.25, 0.3) is 11.8 Å². The van der Waals surface area contributed by atoms with Crippen molar-refractivity contribution >= 4 is 5.91 Å². The van der Waals surface area contributed by atoms with Gasteiger partial charge in [-0.05, 0) is 42.7 Å². The Morgan fingerprint density at radius 1 is 1.17 bits per heavy atom. The monoisotopic (exact) mass is 397 g/mol. The van der Waals surface area contributed by atoms with Gasteiger partial charge in [0, 0.05) is 23.9 Å². The molecule has 0 bridgehead atoms. The zero-order chi connectivity index (χ0) is 20.0. The summed E-state index contributed by atoms with van der Waals surface area (Å²) in [5, 5.41) is 10.8. The van der Waals surface area contributed by atoms with Gasteiger partial charge in [-0.15, -0.1) is 10.2 Å². The van der Waals surface area contributed by atoms with Crippen LogP contribution in [0.2, 0.25) is 0 Å². The lowest BCUT2D eigenvalue weighted by Gasteiger charge is -2.32. The number of amides is 1. The number of halogens is 2. The van der Waals surface area contributed by atoms with Crippen LogP contribution < -0.4 is 0 Å². The first-order valence-electron chi connectivity index (χ1n) is 9.36. The molecule has 0 spiro atoms. The van der Waals surface area contributed by atoms with Gasteiger partial charge < -0.3 is 4.42 Å². The summed E-state index contributed by atoms with van der Waals surface area (Å²) < 4.78 is 30.4. The smallest absolute Gasteiger partial charge is 0.314 e. The summed E-state index contributed by atoms with van der Waals surface area (Å²) >= 11 is 0. The highest BCUT2D eigenvalue weighted by Gasteiger charge is 2.38. The molecule has 9 heteroatoms. The van der Waals surface area contributed by atoms with Crippen LogP contribution in [0.3, 0.4) is 0 Å². The number of carbonyl (C=O) groups is 1. The van der Waals surface area contributed by atoms with Crippen molar-refractivity contribution in [2.45, 2.75) is 31.9 Å². The molecule has 2 aromatic heterocycles.